The monoisotopic (exact) mass is 483 g/mol. The molecule has 0 spiro atoms. The summed E-state index contributed by atoms with van der Waals surface area (Å²) in [4.78, 5) is 14.9. The molecule has 174 valence electrons. The van der Waals surface area contributed by atoms with Crippen LogP contribution in [0.3, 0.4) is 0 Å². The van der Waals surface area contributed by atoms with E-state index >= 15 is 0 Å². The lowest BCUT2D eigenvalue weighted by molar-refractivity contribution is -0.286. The minimum Gasteiger partial charge on any atom is -0.482 e. The van der Waals surface area contributed by atoms with E-state index in [0.29, 0.717) is 5.75 Å². The summed E-state index contributed by atoms with van der Waals surface area (Å²) in [6, 6.07) is 26.9. The first-order valence-electron chi connectivity index (χ1n) is 9.85. The van der Waals surface area contributed by atoms with E-state index in [1.54, 1.807) is 12.1 Å². The largest absolute Gasteiger partial charge is 0.482 e. The van der Waals surface area contributed by atoms with Crippen LogP contribution in [0.25, 0.3) is 0 Å². The molecule has 0 fully saturated rings. The number of halogens is 5. The molecule has 0 saturated heterocycles. The van der Waals surface area contributed by atoms with Crippen molar-refractivity contribution in [2.45, 2.75) is 33.2 Å². The van der Waals surface area contributed by atoms with Gasteiger partial charge in [-0.25, -0.2) is 4.79 Å². The van der Waals surface area contributed by atoms with E-state index in [1.807, 2.05) is 72.8 Å². The zero-order chi connectivity index (χ0) is 23.9. The van der Waals surface area contributed by atoms with E-state index in [1.165, 1.54) is 0 Å². The van der Waals surface area contributed by atoms with Crippen molar-refractivity contribution in [1.82, 2.24) is 0 Å². The third-order valence-corrected chi connectivity index (χ3v) is 6.70. The minimum absolute atomic E-state index is 0.334. The molecule has 9 heteroatoms. The lowest BCUT2D eigenvalue weighted by atomic mass is 10.2. The topological polar surface area (TPSA) is 35.5 Å². The van der Waals surface area contributed by atoms with Crippen molar-refractivity contribution in [2.24, 2.45) is 0 Å². The highest BCUT2D eigenvalue weighted by Gasteiger charge is 2.56. The van der Waals surface area contributed by atoms with Crippen molar-refractivity contribution in [2.75, 3.05) is 13.2 Å². The van der Waals surface area contributed by atoms with Gasteiger partial charge in [-0.1, -0.05) is 36.4 Å². The van der Waals surface area contributed by atoms with Crippen LogP contribution in [-0.2, 0) is 20.4 Å². The Morgan fingerprint density at radius 1 is 0.727 bits per heavy atom. The number of hydrogen-bond acceptors (Lipinski definition) is 3. The van der Waals surface area contributed by atoms with Crippen LogP contribution >= 0.6 is 0 Å². The van der Waals surface area contributed by atoms with Gasteiger partial charge in [-0.2, -0.15) is 22.0 Å². The average molecular weight is 483 g/mol. The molecule has 0 unspecified atom stereocenters. The number of hydrogen-bond donors (Lipinski definition) is 0. The highest BCUT2D eigenvalue weighted by atomic mass is 32.2. The zero-order valence-corrected chi connectivity index (χ0v) is 18.0. The maximum Gasteiger partial charge on any atom is 0.453 e. The summed E-state index contributed by atoms with van der Waals surface area (Å²) in [6.07, 6.45) is -7.33. The third kappa shape index (κ3) is 6.71. The molecule has 0 heterocycles. The van der Waals surface area contributed by atoms with Gasteiger partial charge in [-0.15, -0.1) is 0 Å². The summed E-state index contributed by atoms with van der Waals surface area (Å²) in [7, 11) is -0.366. The summed E-state index contributed by atoms with van der Waals surface area (Å²) < 4.78 is 71.7. The SMILES string of the molecule is O=C(COc1ccc([S+](c2ccccc2)c2ccccc2)cc1)OCCC(F)(F)C(F)(F)F. The van der Waals surface area contributed by atoms with Gasteiger partial charge in [0.1, 0.15) is 5.75 Å². The van der Waals surface area contributed by atoms with Crippen LogP contribution in [0.5, 0.6) is 5.75 Å². The zero-order valence-electron chi connectivity index (χ0n) is 17.2. The van der Waals surface area contributed by atoms with Crippen molar-refractivity contribution < 1.29 is 36.2 Å². The van der Waals surface area contributed by atoms with Crippen molar-refractivity contribution in [3.05, 3.63) is 84.9 Å². The first-order valence-corrected chi connectivity index (χ1v) is 11.1. The molecule has 0 aliphatic heterocycles. The molecule has 0 amide bonds. The number of esters is 1. The minimum atomic E-state index is -5.68. The second kappa shape index (κ2) is 10.7. The number of carbonyl (C=O) groups excluding carboxylic acids is 1. The molecular weight excluding hydrogens is 463 g/mol. The normalized spacial score (nSPS) is 11.9. The molecular formula is C24H20F5O3S+. The van der Waals surface area contributed by atoms with Gasteiger partial charge < -0.3 is 9.47 Å². The van der Waals surface area contributed by atoms with Crippen molar-refractivity contribution >= 4 is 16.9 Å². The second-order valence-electron chi connectivity index (χ2n) is 6.87. The fourth-order valence-electron chi connectivity index (χ4n) is 2.81. The summed E-state index contributed by atoms with van der Waals surface area (Å²) in [5.74, 6) is -5.62. The van der Waals surface area contributed by atoms with Gasteiger partial charge in [0.05, 0.1) is 23.9 Å². The van der Waals surface area contributed by atoms with Crippen LogP contribution in [0.1, 0.15) is 6.42 Å². The van der Waals surface area contributed by atoms with E-state index < -0.39 is 37.7 Å². The molecule has 0 aromatic heterocycles. The summed E-state index contributed by atoms with van der Waals surface area (Å²) in [6.45, 7) is -1.68. The van der Waals surface area contributed by atoms with E-state index in [0.717, 1.165) is 14.7 Å². The Bertz CT molecular complexity index is 986. The van der Waals surface area contributed by atoms with Crippen LogP contribution in [-0.4, -0.2) is 31.3 Å². The van der Waals surface area contributed by atoms with Gasteiger partial charge in [0, 0.05) is 0 Å². The molecule has 0 aliphatic carbocycles. The molecule has 3 aromatic rings. The molecule has 3 nitrogen and oxygen atoms in total. The fraction of sp³-hybridized carbons (Fsp3) is 0.208. The summed E-state index contributed by atoms with van der Waals surface area (Å²) in [5, 5.41) is 0. The number of carbonyl (C=O) groups is 1. The Hall–Kier alpha value is -3.07. The van der Waals surface area contributed by atoms with Gasteiger partial charge in [-0.3, -0.25) is 0 Å². The van der Waals surface area contributed by atoms with Crippen LogP contribution in [0, 0.1) is 0 Å². The highest BCUT2D eigenvalue weighted by molar-refractivity contribution is 7.97. The van der Waals surface area contributed by atoms with Gasteiger partial charge in [-0.05, 0) is 48.5 Å². The first kappa shape index (κ1) is 24.6. The maximum atomic E-state index is 12.8. The molecule has 0 atom stereocenters. The second-order valence-corrected chi connectivity index (χ2v) is 8.89. The molecule has 0 saturated carbocycles. The van der Waals surface area contributed by atoms with E-state index in [9.17, 15) is 26.7 Å². The van der Waals surface area contributed by atoms with Crippen LogP contribution in [0.15, 0.2) is 99.6 Å². The molecule has 0 bridgehead atoms. The summed E-state index contributed by atoms with van der Waals surface area (Å²) in [5.41, 5.74) is 0. The Morgan fingerprint density at radius 3 is 1.70 bits per heavy atom. The molecule has 0 radical (unpaired) electrons. The van der Waals surface area contributed by atoms with Gasteiger partial charge >= 0.3 is 18.1 Å². The Balaban J connectivity index is 1.60. The number of alkyl halides is 5. The number of rotatable bonds is 9. The Kier molecular flexibility index (Phi) is 7.97. The van der Waals surface area contributed by atoms with Crippen molar-refractivity contribution in [1.29, 1.82) is 0 Å². The maximum absolute atomic E-state index is 12.8. The lowest BCUT2D eigenvalue weighted by Gasteiger charge is -2.19. The predicted octanol–water partition coefficient (Wildman–Crippen LogP) is 6.29. The van der Waals surface area contributed by atoms with Gasteiger partial charge in [0.2, 0.25) is 0 Å². The van der Waals surface area contributed by atoms with Crippen LogP contribution < -0.4 is 4.74 Å². The standard InChI is InChI=1S/C24H20F5O3S/c25-23(26,24(27,28)29)15-16-31-22(30)17-32-18-11-13-21(14-12-18)33(19-7-3-1-4-8-19)20-9-5-2-6-10-20/h1-14H,15-17H2/q+1. The van der Waals surface area contributed by atoms with Crippen molar-refractivity contribution in [3.63, 3.8) is 0 Å². The van der Waals surface area contributed by atoms with Crippen LogP contribution in [0.2, 0.25) is 0 Å². The predicted molar refractivity (Wildman–Crippen MR) is 114 cm³/mol. The quantitative estimate of drug-likeness (QED) is 0.204. The molecule has 0 aliphatic rings. The Morgan fingerprint density at radius 2 is 1.21 bits per heavy atom. The number of ether oxygens (including phenoxy) is 2. The Labute approximate surface area is 190 Å². The van der Waals surface area contributed by atoms with Crippen molar-refractivity contribution in [3.8, 4) is 5.75 Å². The summed E-state index contributed by atoms with van der Waals surface area (Å²) >= 11 is 0. The molecule has 3 aromatic carbocycles. The van der Waals surface area contributed by atoms with Gasteiger partial charge in [0.15, 0.2) is 21.3 Å². The lowest BCUT2D eigenvalue weighted by Crippen LogP contribution is -2.37. The van der Waals surface area contributed by atoms with E-state index in [-0.39, 0.29) is 10.9 Å². The van der Waals surface area contributed by atoms with E-state index in [2.05, 4.69) is 4.74 Å². The first-order chi connectivity index (χ1) is 15.7. The van der Waals surface area contributed by atoms with E-state index in [4.69, 9.17) is 4.74 Å². The van der Waals surface area contributed by atoms with Crippen LogP contribution in [0.4, 0.5) is 22.0 Å². The highest BCUT2D eigenvalue weighted by Crippen LogP contribution is 2.38. The molecule has 33 heavy (non-hydrogen) atoms. The smallest absolute Gasteiger partial charge is 0.453 e. The van der Waals surface area contributed by atoms with Gasteiger partial charge in [0.25, 0.3) is 0 Å². The third-order valence-electron chi connectivity index (χ3n) is 4.47. The fourth-order valence-corrected chi connectivity index (χ4v) is 4.90. The molecule has 3 rings (SSSR count). The average Bonchev–Trinajstić information content (AvgIpc) is 2.79. The number of benzene rings is 3. The molecule has 0 N–H and O–H groups in total.